The zero-order valence-corrected chi connectivity index (χ0v) is 18.3. The Morgan fingerprint density at radius 2 is 2.03 bits per heavy atom. The number of aromatic nitrogens is 3. The largest absolute Gasteiger partial charge is 0.480 e. The molecule has 0 N–H and O–H groups in total. The number of nitrogens with zero attached hydrogens (tertiary/aromatic N) is 5. The fourth-order valence-corrected chi connectivity index (χ4v) is 3.66. The van der Waals surface area contributed by atoms with Crippen LogP contribution in [-0.2, 0) is 13.1 Å². The van der Waals surface area contributed by atoms with Gasteiger partial charge in [-0.25, -0.2) is 4.68 Å². The number of amides is 1. The molecule has 170 valence electrons. The molecule has 0 saturated heterocycles. The number of carbonyl (C=O) groups excluding carboxylic acids is 1. The SMILES string of the molecule is Cc1ccc(-n2cc3c(n2)CN(C(=O)c2c(O[C@@H](C)C(F)(F)F)ccc(C#N)c2Cl)C3)cn1. The fraction of sp³-hybridized carbons (Fsp3) is 0.273. The Morgan fingerprint density at radius 1 is 1.27 bits per heavy atom. The molecule has 11 heteroatoms. The molecule has 3 aromatic rings. The van der Waals surface area contributed by atoms with Crippen molar-refractivity contribution in [1.82, 2.24) is 19.7 Å². The number of benzene rings is 1. The number of aryl methyl sites for hydroxylation is 1. The average Bonchev–Trinajstić information content (AvgIpc) is 3.33. The van der Waals surface area contributed by atoms with E-state index in [9.17, 15) is 23.2 Å². The second kappa shape index (κ2) is 8.41. The highest BCUT2D eigenvalue weighted by atomic mass is 35.5. The van der Waals surface area contributed by atoms with Crippen molar-refractivity contribution in [3.8, 4) is 17.5 Å². The molecule has 0 fully saturated rings. The molecule has 0 bridgehead atoms. The van der Waals surface area contributed by atoms with Gasteiger partial charge in [-0.2, -0.15) is 23.5 Å². The third-order valence-corrected chi connectivity index (χ3v) is 5.62. The van der Waals surface area contributed by atoms with Crippen molar-refractivity contribution in [3.63, 3.8) is 0 Å². The molecule has 0 saturated carbocycles. The number of alkyl halides is 3. The van der Waals surface area contributed by atoms with E-state index in [0.717, 1.165) is 29.9 Å². The molecule has 1 aliphatic rings. The summed E-state index contributed by atoms with van der Waals surface area (Å²) < 4.78 is 45.8. The predicted molar refractivity (Wildman–Crippen MR) is 112 cm³/mol. The van der Waals surface area contributed by atoms with Gasteiger partial charge < -0.3 is 9.64 Å². The Morgan fingerprint density at radius 3 is 2.64 bits per heavy atom. The van der Waals surface area contributed by atoms with Crippen molar-refractivity contribution in [3.05, 3.63) is 69.8 Å². The molecule has 0 aliphatic carbocycles. The Labute approximate surface area is 192 Å². The molecule has 4 rings (SSSR count). The van der Waals surface area contributed by atoms with Gasteiger partial charge in [-0.15, -0.1) is 0 Å². The summed E-state index contributed by atoms with van der Waals surface area (Å²) in [5.74, 6) is -0.989. The van der Waals surface area contributed by atoms with E-state index in [4.69, 9.17) is 16.3 Å². The molecule has 1 aliphatic heterocycles. The van der Waals surface area contributed by atoms with E-state index >= 15 is 0 Å². The second-order valence-corrected chi connectivity index (χ2v) is 7.96. The number of halogens is 4. The van der Waals surface area contributed by atoms with Crippen molar-refractivity contribution in [2.75, 3.05) is 0 Å². The minimum Gasteiger partial charge on any atom is -0.480 e. The van der Waals surface area contributed by atoms with Gasteiger partial charge in [0.1, 0.15) is 17.4 Å². The monoisotopic (exact) mass is 475 g/mol. The molecule has 0 spiro atoms. The summed E-state index contributed by atoms with van der Waals surface area (Å²) in [4.78, 5) is 18.9. The highest BCUT2D eigenvalue weighted by Gasteiger charge is 2.39. The minimum atomic E-state index is -4.64. The van der Waals surface area contributed by atoms with E-state index in [2.05, 4.69) is 10.1 Å². The van der Waals surface area contributed by atoms with E-state index in [1.165, 1.54) is 11.0 Å². The van der Waals surface area contributed by atoms with Gasteiger partial charge >= 0.3 is 6.18 Å². The smallest absolute Gasteiger partial charge is 0.425 e. The summed E-state index contributed by atoms with van der Waals surface area (Å²) >= 11 is 6.23. The maximum Gasteiger partial charge on any atom is 0.425 e. The number of hydrogen-bond acceptors (Lipinski definition) is 5. The lowest BCUT2D eigenvalue weighted by atomic mass is 10.1. The van der Waals surface area contributed by atoms with Crippen LogP contribution >= 0.6 is 11.6 Å². The summed E-state index contributed by atoms with van der Waals surface area (Å²) in [6.07, 6.45) is -3.36. The molecule has 1 atom stereocenters. The number of hydrogen-bond donors (Lipinski definition) is 0. The van der Waals surface area contributed by atoms with Gasteiger partial charge in [-0.05, 0) is 38.1 Å². The van der Waals surface area contributed by atoms with Crippen LogP contribution in [0.2, 0.25) is 5.02 Å². The maximum atomic E-state index is 13.3. The first-order valence-electron chi connectivity index (χ1n) is 9.84. The van der Waals surface area contributed by atoms with Crippen molar-refractivity contribution in [1.29, 1.82) is 5.26 Å². The third kappa shape index (κ3) is 4.36. The first-order valence-corrected chi connectivity index (χ1v) is 10.2. The minimum absolute atomic E-state index is 0.0407. The van der Waals surface area contributed by atoms with Crippen LogP contribution in [-0.4, -0.2) is 37.9 Å². The Balaban J connectivity index is 1.61. The van der Waals surface area contributed by atoms with Crippen LogP contribution in [0.5, 0.6) is 5.75 Å². The molecule has 1 amide bonds. The van der Waals surface area contributed by atoms with E-state index in [1.54, 1.807) is 17.1 Å². The van der Waals surface area contributed by atoms with E-state index < -0.39 is 18.2 Å². The highest BCUT2D eigenvalue weighted by Crippen LogP contribution is 2.35. The normalized spacial score (nSPS) is 14.0. The molecule has 7 nitrogen and oxygen atoms in total. The fourth-order valence-electron chi connectivity index (χ4n) is 3.38. The van der Waals surface area contributed by atoms with Gasteiger partial charge in [-0.1, -0.05) is 11.6 Å². The highest BCUT2D eigenvalue weighted by molar-refractivity contribution is 6.35. The molecule has 0 radical (unpaired) electrons. The summed E-state index contributed by atoms with van der Waals surface area (Å²) in [6.45, 7) is 3.00. The first-order chi connectivity index (χ1) is 15.6. The van der Waals surface area contributed by atoms with Crippen LogP contribution in [0.25, 0.3) is 5.69 Å². The average molecular weight is 476 g/mol. The molecular formula is C22H17ClF3N5O2. The summed E-state index contributed by atoms with van der Waals surface area (Å²) in [7, 11) is 0. The quantitative estimate of drug-likeness (QED) is 0.551. The van der Waals surface area contributed by atoms with Crippen molar-refractivity contribution < 1.29 is 22.7 Å². The zero-order valence-electron chi connectivity index (χ0n) is 17.5. The zero-order chi connectivity index (χ0) is 23.9. The van der Waals surface area contributed by atoms with Gasteiger partial charge in [0.2, 0.25) is 0 Å². The predicted octanol–water partition coefficient (Wildman–Crippen LogP) is 4.59. The van der Waals surface area contributed by atoms with Crippen LogP contribution in [0.1, 0.15) is 39.8 Å². The molecule has 33 heavy (non-hydrogen) atoms. The van der Waals surface area contributed by atoms with Gasteiger partial charge in [-0.3, -0.25) is 9.78 Å². The number of carbonyl (C=O) groups is 1. The molecule has 0 unspecified atom stereocenters. The lowest BCUT2D eigenvalue weighted by Crippen LogP contribution is -2.33. The van der Waals surface area contributed by atoms with E-state index in [-0.39, 0.29) is 35.0 Å². The molecule has 2 aromatic heterocycles. The third-order valence-electron chi connectivity index (χ3n) is 5.23. The van der Waals surface area contributed by atoms with E-state index in [1.807, 2.05) is 25.1 Å². The number of ether oxygens (including phenoxy) is 1. The summed E-state index contributed by atoms with van der Waals surface area (Å²) in [6, 6.07) is 7.92. The maximum absolute atomic E-state index is 13.3. The Hall–Kier alpha value is -3.58. The Kier molecular flexibility index (Phi) is 5.76. The van der Waals surface area contributed by atoms with Gasteiger partial charge in [0.25, 0.3) is 5.91 Å². The van der Waals surface area contributed by atoms with E-state index in [0.29, 0.717) is 5.69 Å². The lowest BCUT2D eigenvalue weighted by Gasteiger charge is -2.23. The standard InChI is InChI=1S/C22H17ClF3N5O2/c1-12-3-5-16(8-28-12)31-10-15-9-30(11-17(15)29-31)21(32)19-18(33-13(2)22(24,25)26)6-4-14(7-27)20(19)23/h3-6,8,10,13H,9,11H2,1-2H3/t13-/m0/s1. The van der Waals surface area contributed by atoms with Gasteiger partial charge in [0.15, 0.2) is 6.10 Å². The van der Waals surface area contributed by atoms with Crippen LogP contribution in [0.15, 0.2) is 36.7 Å². The van der Waals surface area contributed by atoms with Gasteiger partial charge in [0.05, 0.1) is 34.7 Å². The molecule has 3 heterocycles. The van der Waals surface area contributed by atoms with Crippen LogP contribution in [0.3, 0.4) is 0 Å². The lowest BCUT2D eigenvalue weighted by molar-refractivity contribution is -0.189. The molecular weight excluding hydrogens is 459 g/mol. The number of fused-ring (bicyclic) bond motifs is 1. The Bertz CT molecular complexity index is 1240. The second-order valence-electron chi connectivity index (χ2n) is 7.58. The summed E-state index contributed by atoms with van der Waals surface area (Å²) in [5.41, 5.74) is 2.72. The number of rotatable bonds is 4. The molecule has 1 aromatic carbocycles. The van der Waals surface area contributed by atoms with Crippen LogP contribution in [0.4, 0.5) is 13.2 Å². The van der Waals surface area contributed by atoms with Crippen LogP contribution < -0.4 is 4.74 Å². The topological polar surface area (TPSA) is 84.0 Å². The van der Waals surface area contributed by atoms with Crippen LogP contribution in [0, 0.1) is 18.3 Å². The van der Waals surface area contributed by atoms with Crippen molar-refractivity contribution >= 4 is 17.5 Å². The van der Waals surface area contributed by atoms with Crippen molar-refractivity contribution in [2.45, 2.75) is 39.2 Å². The van der Waals surface area contributed by atoms with Crippen molar-refractivity contribution in [2.24, 2.45) is 0 Å². The number of pyridine rings is 1. The number of nitriles is 1. The van der Waals surface area contributed by atoms with Gasteiger partial charge in [0, 0.05) is 24.0 Å². The summed E-state index contributed by atoms with van der Waals surface area (Å²) in [5, 5.41) is 13.5. The first kappa shape index (κ1) is 22.6.